The second-order valence-electron chi connectivity index (χ2n) is 10.2. The topological polar surface area (TPSA) is 109 Å². The lowest BCUT2D eigenvalue weighted by Crippen LogP contribution is -2.54. The van der Waals surface area contributed by atoms with Crippen LogP contribution in [-0.4, -0.2) is 77.3 Å². The Kier molecular flexibility index (Phi) is 7.67. The molecule has 1 aliphatic carbocycles. The highest BCUT2D eigenvalue weighted by molar-refractivity contribution is 6.09. The molecule has 1 saturated heterocycles. The number of aryl methyl sites for hydroxylation is 1. The number of alkyl halides is 4. The van der Waals surface area contributed by atoms with Gasteiger partial charge in [0.15, 0.2) is 0 Å². The number of piperidine rings is 1. The molecule has 3 heterocycles. The molecule has 214 valence electrons. The molecule has 2 aliphatic rings. The highest BCUT2D eigenvalue weighted by atomic mass is 19.4. The van der Waals surface area contributed by atoms with Crippen LogP contribution >= 0.6 is 0 Å². The molecule has 0 bridgehead atoms. The van der Waals surface area contributed by atoms with Gasteiger partial charge in [-0.05, 0) is 50.3 Å². The zero-order valence-corrected chi connectivity index (χ0v) is 22.0. The van der Waals surface area contributed by atoms with E-state index >= 15 is 0 Å². The molecule has 2 atom stereocenters. The molecule has 5 rings (SSSR count). The molecule has 2 fully saturated rings. The lowest BCUT2D eigenvalue weighted by molar-refractivity contribution is -0.138. The number of H-pyrrole nitrogens is 1. The van der Waals surface area contributed by atoms with Crippen molar-refractivity contribution in [3.8, 4) is 17.0 Å². The largest absolute Gasteiger partial charge is 0.493 e. The normalized spacial score (nSPS) is 19.6. The van der Waals surface area contributed by atoms with Crippen molar-refractivity contribution in [3.63, 3.8) is 0 Å². The zero-order chi connectivity index (χ0) is 28.6. The summed E-state index contributed by atoms with van der Waals surface area (Å²) in [4.78, 5) is 38.2. The predicted molar refractivity (Wildman–Crippen MR) is 137 cm³/mol. The van der Waals surface area contributed by atoms with Gasteiger partial charge in [-0.3, -0.25) is 9.59 Å². The molecule has 0 unspecified atom stereocenters. The number of nitrogens with one attached hydrogen (secondary N) is 2. The summed E-state index contributed by atoms with van der Waals surface area (Å²) in [5, 5.41) is 2.70. The number of aromatic nitrogens is 3. The SMILES string of the molecule is COCC(=O)N1CC[C@@H](NC(=O)c2c(C)[nH]c3c(-c4cc(C(F)(F)F)ccc4OCC4CC4)ncnc23)[C@H](F)C1. The van der Waals surface area contributed by atoms with Gasteiger partial charge in [0.1, 0.15) is 36.1 Å². The van der Waals surface area contributed by atoms with Gasteiger partial charge in [-0.25, -0.2) is 14.4 Å². The summed E-state index contributed by atoms with van der Waals surface area (Å²) >= 11 is 0. The lowest BCUT2D eigenvalue weighted by Gasteiger charge is -2.35. The Hall–Kier alpha value is -3.74. The molecule has 2 N–H and O–H groups in total. The van der Waals surface area contributed by atoms with Crippen LogP contribution < -0.4 is 10.1 Å². The first kappa shape index (κ1) is 27.8. The Balaban J connectivity index is 1.44. The van der Waals surface area contributed by atoms with Crippen molar-refractivity contribution in [2.45, 2.75) is 44.6 Å². The molecule has 1 aliphatic heterocycles. The van der Waals surface area contributed by atoms with Gasteiger partial charge in [0.25, 0.3) is 5.91 Å². The predicted octanol–water partition coefficient (Wildman–Crippen LogP) is 4.06. The molecule has 13 heteroatoms. The van der Waals surface area contributed by atoms with Crippen LogP contribution in [0, 0.1) is 12.8 Å². The Labute approximate surface area is 227 Å². The van der Waals surface area contributed by atoms with E-state index in [0.717, 1.165) is 25.0 Å². The molecule has 3 aromatic rings. The summed E-state index contributed by atoms with van der Waals surface area (Å²) in [6.45, 7) is 1.93. The van der Waals surface area contributed by atoms with Crippen molar-refractivity contribution in [2.24, 2.45) is 5.92 Å². The van der Waals surface area contributed by atoms with E-state index in [9.17, 15) is 27.2 Å². The van der Waals surface area contributed by atoms with Gasteiger partial charge in [-0.1, -0.05) is 0 Å². The van der Waals surface area contributed by atoms with Crippen molar-refractivity contribution in [2.75, 3.05) is 33.4 Å². The summed E-state index contributed by atoms with van der Waals surface area (Å²) in [7, 11) is 1.38. The van der Waals surface area contributed by atoms with Crippen LogP contribution in [0.1, 0.15) is 40.9 Å². The number of halogens is 4. The van der Waals surface area contributed by atoms with Gasteiger partial charge in [0, 0.05) is 24.9 Å². The highest BCUT2D eigenvalue weighted by Gasteiger charge is 2.35. The Morgan fingerprint density at radius 3 is 2.65 bits per heavy atom. The third kappa shape index (κ3) is 5.74. The quantitative estimate of drug-likeness (QED) is 0.400. The number of likely N-dealkylation sites (tertiary alicyclic amines) is 1. The number of aromatic amines is 1. The molecule has 1 saturated carbocycles. The lowest BCUT2D eigenvalue weighted by atomic mass is 10.0. The van der Waals surface area contributed by atoms with Gasteiger partial charge in [-0.2, -0.15) is 13.2 Å². The molecule has 0 spiro atoms. The fourth-order valence-corrected chi connectivity index (χ4v) is 4.86. The summed E-state index contributed by atoms with van der Waals surface area (Å²) in [6.07, 6.45) is -2.70. The average molecular weight is 564 g/mol. The van der Waals surface area contributed by atoms with Crippen LogP contribution in [0.25, 0.3) is 22.3 Å². The number of carbonyl (C=O) groups is 2. The van der Waals surface area contributed by atoms with Gasteiger partial charge in [-0.15, -0.1) is 0 Å². The first-order chi connectivity index (χ1) is 19.1. The van der Waals surface area contributed by atoms with E-state index in [2.05, 4.69) is 20.3 Å². The number of ether oxygens (including phenoxy) is 2. The number of methoxy groups -OCH3 is 1. The maximum Gasteiger partial charge on any atom is 0.416 e. The Bertz CT molecular complexity index is 1420. The van der Waals surface area contributed by atoms with Gasteiger partial charge in [0.05, 0.1) is 35.8 Å². The molecular formula is C27H29F4N5O4. The molecule has 1 aromatic carbocycles. The number of nitrogens with zero attached hydrogens (tertiary/aromatic N) is 3. The molecular weight excluding hydrogens is 534 g/mol. The highest BCUT2D eigenvalue weighted by Crippen LogP contribution is 2.40. The van der Waals surface area contributed by atoms with Crippen LogP contribution in [0.5, 0.6) is 5.75 Å². The number of fused-ring (bicyclic) bond motifs is 1. The number of carbonyl (C=O) groups excluding carboxylic acids is 2. The fourth-order valence-electron chi connectivity index (χ4n) is 4.86. The standard InChI is InChI=1S/C27H29F4N5O4/c1-14-22(26(38)35-19-7-8-36(10-18(19)28)21(37)12-39-2)24-25(34-14)23(32-13-33-24)17-9-16(27(29,30)31)5-6-20(17)40-11-15-3-4-15/h5-6,9,13,15,18-19,34H,3-4,7-8,10-12H2,1-2H3,(H,35,38)/t18-,19-/m1/s1. The minimum absolute atomic E-state index is 0.119. The van der Waals surface area contributed by atoms with Crippen LogP contribution in [-0.2, 0) is 15.7 Å². The molecule has 0 radical (unpaired) electrons. The van der Waals surface area contributed by atoms with Gasteiger partial charge < -0.3 is 24.7 Å². The average Bonchev–Trinajstić information content (AvgIpc) is 3.67. The van der Waals surface area contributed by atoms with E-state index in [1.807, 2.05) is 0 Å². The first-order valence-corrected chi connectivity index (χ1v) is 13.0. The van der Waals surface area contributed by atoms with Crippen LogP contribution in [0.4, 0.5) is 17.6 Å². The molecule has 2 amide bonds. The molecule has 9 nitrogen and oxygen atoms in total. The Morgan fingerprint density at radius 1 is 1.20 bits per heavy atom. The van der Waals surface area contributed by atoms with Crippen molar-refractivity contribution >= 4 is 22.8 Å². The number of rotatable bonds is 8. The van der Waals surface area contributed by atoms with Crippen LogP contribution in [0.3, 0.4) is 0 Å². The van der Waals surface area contributed by atoms with Crippen molar-refractivity contribution in [1.82, 2.24) is 25.2 Å². The smallest absolute Gasteiger partial charge is 0.416 e. The molecule has 40 heavy (non-hydrogen) atoms. The summed E-state index contributed by atoms with van der Waals surface area (Å²) in [5.74, 6) is -0.310. The minimum atomic E-state index is -4.58. The van der Waals surface area contributed by atoms with E-state index in [1.54, 1.807) is 6.92 Å². The van der Waals surface area contributed by atoms with E-state index < -0.39 is 29.9 Å². The van der Waals surface area contributed by atoms with Crippen LogP contribution in [0.2, 0.25) is 0 Å². The summed E-state index contributed by atoms with van der Waals surface area (Å²) < 4.78 is 66.4. The molecule has 2 aromatic heterocycles. The van der Waals surface area contributed by atoms with Crippen molar-refractivity contribution in [3.05, 3.63) is 41.3 Å². The second kappa shape index (κ2) is 11.0. The van der Waals surface area contributed by atoms with Crippen molar-refractivity contribution < 1.29 is 36.6 Å². The number of benzene rings is 1. The van der Waals surface area contributed by atoms with Gasteiger partial charge >= 0.3 is 6.18 Å². The zero-order valence-electron chi connectivity index (χ0n) is 22.0. The number of hydrogen-bond acceptors (Lipinski definition) is 6. The summed E-state index contributed by atoms with van der Waals surface area (Å²) in [6, 6.07) is 2.38. The number of amides is 2. The first-order valence-electron chi connectivity index (χ1n) is 13.0. The maximum atomic E-state index is 14.9. The van der Waals surface area contributed by atoms with Crippen molar-refractivity contribution in [1.29, 1.82) is 0 Å². The van der Waals surface area contributed by atoms with Gasteiger partial charge in [0.2, 0.25) is 5.91 Å². The number of hydrogen-bond donors (Lipinski definition) is 2. The van der Waals surface area contributed by atoms with Crippen LogP contribution in [0.15, 0.2) is 24.5 Å². The Morgan fingerprint density at radius 2 is 1.98 bits per heavy atom. The van der Waals surface area contributed by atoms with E-state index in [0.29, 0.717) is 18.2 Å². The van der Waals surface area contributed by atoms with E-state index in [-0.39, 0.29) is 65.6 Å². The maximum absolute atomic E-state index is 14.9. The monoisotopic (exact) mass is 563 g/mol. The third-order valence-electron chi connectivity index (χ3n) is 7.21. The summed E-state index contributed by atoms with van der Waals surface area (Å²) in [5.41, 5.74) is 0.385. The third-order valence-corrected chi connectivity index (χ3v) is 7.21. The minimum Gasteiger partial charge on any atom is -0.493 e. The van der Waals surface area contributed by atoms with E-state index in [4.69, 9.17) is 9.47 Å². The fraction of sp³-hybridized carbons (Fsp3) is 0.481. The second-order valence-corrected chi connectivity index (χ2v) is 10.2. The van der Waals surface area contributed by atoms with E-state index in [1.165, 1.54) is 24.4 Å².